The Morgan fingerprint density at radius 1 is 1.36 bits per heavy atom. The number of rotatable bonds is 6. The van der Waals surface area contributed by atoms with Crippen LogP contribution in [-0.2, 0) is 16.5 Å². The number of halogens is 4. The summed E-state index contributed by atoms with van der Waals surface area (Å²) in [6, 6.07) is 3.65. The summed E-state index contributed by atoms with van der Waals surface area (Å²) < 4.78 is 55.9. The van der Waals surface area contributed by atoms with Gasteiger partial charge in [-0.1, -0.05) is 15.9 Å². The first-order valence-corrected chi connectivity index (χ1v) is 8.53. The molecule has 2 unspecified atom stereocenters. The van der Waals surface area contributed by atoms with Crippen LogP contribution in [0.3, 0.4) is 0 Å². The molecule has 0 amide bonds. The zero-order valence-corrected chi connectivity index (χ0v) is 14.9. The topological polar surface area (TPSA) is 49.3 Å². The third kappa shape index (κ3) is 4.31. The first kappa shape index (κ1) is 19.6. The van der Waals surface area contributed by atoms with Gasteiger partial charge in [0.1, 0.15) is 11.4 Å². The highest BCUT2D eigenvalue weighted by Crippen LogP contribution is 2.36. The van der Waals surface area contributed by atoms with Crippen LogP contribution in [0.4, 0.5) is 13.2 Å². The zero-order valence-electron chi connectivity index (χ0n) is 12.5. The van der Waals surface area contributed by atoms with E-state index in [1.54, 1.807) is 20.8 Å². The van der Waals surface area contributed by atoms with Crippen molar-refractivity contribution in [1.82, 2.24) is 4.72 Å². The van der Waals surface area contributed by atoms with Crippen molar-refractivity contribution in [3.8, 4) is 0 Å². The van der Waals surface area contributed by atoms with Crippen LogP contribution in [0.2, 0.25) is 0 Å². The molecule has 1 rings (SSSR count). The van der Waals surface area contributed by atoms with Gasteiger partial charge in [0.2, 0.25) is 0 Å². The summed E-state index contributed by atoms with van der Waals surface area (Å²) in [4.78, 5) is 0. The van der Waals surface area contributed by atoms with Crippen LogP contribution in [0.1, 0.15) is 32.8 Å². The van der Waals surface area contributed by atoms with Crippen LogP contribution in [-0.4, -0.2) is 27.1 Å². The predicted molar refractivity (Wildman–Crippen MR) is 84.5 cm³/mol. The molecule has 0 fully saturated rings. The monoisotopic (exact) mass is 401 g/mol. The second-order valence-electron chi connectivity index (χ2n) is 5.85. The molecule has 3 nitrogen and oxygen atoms in total. The maximum absolute atomic E-state index is 14.1. The van der Waals surface area contributed by atoms with Crippen molar-refractivity contribution in [2.45, 2.75) is 43.9 Å². The molecule has 0 saturated carbocycles. The van der Waals surface area contributed by atoms with Crippen molar-refractivity contribution in [2.75, 3.05) is 6.61 Å². The molecule has 0 aliphatic heterocycles. The Kier molecular flexibility index (Phi) is 6.61. The van der Waals surface area contributed by atoms with E-state index in [1.165, 1.54) is 12.1 Å². The van der Waals surface area contributed by atoms with Gasteiger partial charge in [0.05, 0.1) is 15.7 Å². The second kappa shape index (κ2) is 7.42. The number of hydrogen-bond acceptors (Lipinski definition) is 2. The van der Waals surface area contributed by atoms with Gasteiger partial charge >= 0.3 is 0 Å². The third-order valence-electron chi connectivity index (χ3n) is 3.12. The van der Waals surface area contributed by atoms with E-state index in [2.05, 4.69) is 20.7 Å². The molecule has 1 aromatic rings. The Bertz CT molecular complexity index is 551. The average molecular weight is 402 g/mol. The molecule has 8 heteroatoms. The standard InChI is InChI=1S/C14H19BrF3NO2S/c1-13(2,3)22(21)19-14(6-7-20,12(17)18)10-8-9(15)4-5-11(10)16/h4-5,8,12,19-20H,6-7H2,1-3H3. The number of aliphatic hydroxyl groups is 1. The predicted octanol–water partition coefficient (Wildman–Crippen LogP) is 3.48. The summed E-state index contributed by atoms with van der Waals surface area (Å²) in [5.41, 5.74) is -2.57. The molecule has 0 spiro atoms. The van der Waals surface area contributed by atoms with Gasteiger partial charge < -0.3 is 5.11 Å². The lowest BCUT2D eigenvalue weighted by Crippen LogP contribution is -2.53. The van der Waals surface area contributed by atoms with Gasteiger partial charge in [-0.05, 0) is 45.4 Å². The summed E-state index contributed by atoms with van der Waals surface area (Å²) in [6.45, 7) is 4.23. The van der Waals surface area contributed by atoms with Crippen molar-refractivity contribution < 1.29 is 22.5 Å². The zero-order chi connectivity index (χ0) is 17.1. The SMILES string of the molecule is CC(C)(C)S(=O)NC(CCO)(c1cc(Br)ccc1F)C(F)F. The van der Waals surface area contributed by atoms with Crippen LogP contribution in [0.15, 0.2) is 22.7 Å². The maximum Gasteiger partial charge on any atom is 0.261 e. The lowest BCUT2D eigenvalue weighted by molar-refractivity contribution is 0.0239. The summed E-state index contributed by atoms with van der Waals surface area (Å²) in [6.07, 6.45) is -3.53. The summed E-state index contributed by atoms with van der Waals surface area (Å²) in [5.74, 6) is -0.852. The fourth-order valence-electron chi connectivity index (χ4n) is 1.85. The molecule has 0 aliphatic carbocycles. The Morgan fingerprint density at radius 3 is 2.41 bits per heavy atom. The van der Waals surface area contributed by atoms with E-state index < -0.39 is 46.5 Å². The van der Waals surface area contributed by atoms with E-state index in [0.717, 1.165) is 6.07 Å². The van der Waals surface area contributed by atoms with E-state index in [9.17, 15) is 22.5 Å². The van der Waals surface area contributed by atoms with Gasteiger partial charge in [-0.2, -0.15) is 0 Å². The smallest absolute Gasteiger partial charge is 0.261 e. The highest BCUT2D eigenvalue weighted by atomic mass is 79.9. The highest BCUT2D eigenvalue weighted by molar-refractivity contribution is 9.10. The molecule has 0 heterocycles. The van der Waals surface area contributed by atoms with Crippen molar-refractivity contribution in [2.24, 2.45) is 0 Å². The second-order valence-corrected chi connectivity index (χ2v) is 8.73. The maximum atomic E-state index is 14.1. The van der Waals surface area contributed by atoms with E-state index in [-0.39, 0.29) is 5.56 Å². The van der Waals surface area contributed by atoms with Crippen molar-refractivity contribution in [3.05, 3.63) is 34.1 Å². The molecular formula is C14H19BrF3NO2S. The molecule has 0 saturated heterocycles. The van der Waals surface area contributed by atoms with E-state index in [1.807, 2.05) is 0 Å². The fourth-order valence-corrected chi connectivity index (χ4v) is 3.15. The summed E-state index contributed by atoms with van der Waals surface area (Å²) in [5, 5.41) is 9.18. The van der Waals surface area contributed by atoms with Gasteiger partial charge in [0, 0.05) is 16.6 Å². The quantitative estimate of drug-likeness (QED) is 0.766. The lowest BCUT2D eigenvalue weighted by atomic mass is 9.88. The number of aliphatic hydroxyl groups excluding tert-OH is 1. The van der Waals surface area contributed by atoms with Crippen LogP contribution in [0.25, 0.3) is 0 Å². The number of hydrogen-bond donors (Lipinski definition) is 2. The number of alkyl halides is 2. The van der Waals surface area contributed by atoms with Gasteiger partial charge in [-0.3, -0.25) is 0 Å². The first-order chi connectivity index (χ1) is 10.0. The lowest BCUT2D eigenvalue weighted by Gasteiger charge is -2.36. The molecule has 126 valence electrons. The van der Waals surface area contributed by atoms with E-state index in [0.29, 0.717) is 4.47 Å². The van der Waals surface area contributed by atoms with Crippen molar-refractivity contribution >= 4 is 26.9 Å². The molecular weight excluding hydrogens is 383 g/mol. The molecule has 0 aliphatic rings. The largest absolute Gasteiger partial charge is 0.396 e. The molecule has 0 aromatic heterocycles. The summed E-state index contributed by atoms with van der Waals surface area (Å²) >= 11 is 3.12. The normalized spacial score (nSPS) is 16.6. The van der Waals surface area contributed by atoms with Crippen LogP contribution in [0.5, 0.6) is 0 Å². The van der Waals surface area contributed by atoms with Gasteiger partial charge in [0.25, 0.3) is 6.43 Å². The molecule has 1 aromatic carbocycles. The van der Waals surface area contributed by atoms with Crippen LogP contribution in [0, 0.1) is 5.82 Å². The van der Waals surface area contributed by atoms with Gasteiger partial charge in [-0.15, -0.1) is 0 Å². The van der Waals surface area contributed by atoms with Crippen molar-refractivity contribution in [1.29, 1.82) is 0 Å². The fraction of sp³-hybridized carbons (Fsp3) is 0.571. The minimum absolute atomic E-state index is 0.330. The molecule has 0 radical (unpaired) electrons. The molecule has 22 heavy (non-hydrogen) atoms. The van der Waals surface area contributed by atoms with Gasteiger partial charge in [-0.25, -0.2) is 22.1 Å². The number of benzene rings is 1. The minimum Gasteiger partial charge on any atom is -0.396 e. The highest BCUT2D eigenvalue weighted by Gasteiger charge is 2.46. The Hall–Kier alpha value is -0.440. The Balaban J connectivity index is 3.45. The van der Waals surface area contributed by atoms with E-state index >= 15 is 0 Å². The van der Waals surface area contributed by atoms with Crippen molar-refractivity contribution in [3.63, 3.8) is 0 Å². The van der Waals surface area contributed by atoms with E-state index in [4.69, 9.17) is 0 Å². The number of nitrogens with one attached hydrogen (secondary N) is 1. The van der Waals surface area contributed by atoms with Crippen LogP contribution < -0.4 is 4.72 Å². The Morgan fingerprint density at radius 2 is 1.95 bits per heavy atom. The summed E-state index contributed by atoms with van der Waals surface area (Å²) in [7, 11) is -1.87. The molecule has 0 bridgehead atoms. The van der Waals surface area contributed by atoms with Gasteiger partial charge in [0.15, 0.2) is 0 Å². The van der Waals surface area contributed by atoms with Crippen LogP contribution >= 0.6 is 15.9 Å². The molecule has 2 N–H and O–H groups in total. The molecule has 2 atom stereocenters. The first-order valence-electron chi connectivity index (χ1n) is 6.59. The third-order valence-corrected chi connectivity index (χ3v) is 5.27. The average Bonchev–Trinajstić information content (AvgIpc) is 2.39. The Labute approximate surface area is 139 Å². The minimum atomic E-state index is -3.06.